The molecule has 0 spiro atoms. The number of Topliss-reactive ketones (excluding diaryl/α,β-unsaturated/α-hetero) is 1. The Balaban J connectivity index is 2.85. The second-order valence-corrected chi connectivity index (χ2v) is 5.98. The minimum absolute atomic E-state index is 0.128. The van der Waals surface area contributed by atoms with Crippen LogP contribution in [-0.2, 0) is 9.59 Å². The number of nitrogens with zero attached hydrogens (tertiary/aromatic N) is 1. The molecule has 0 bridgehead atoms. The van der Waals surface area contributed by atoms with E-state index >= 15 is 0 Å². The molecule has 0 radical (unpaired) electrons. The van der Waals surface area contributed by atoms with Crippen molar-refractivity contribution in [2.45, 2.75) is 65.0 Å². The van der Waals surface area contributed by atoms with Crippen molar-refractivity contribution >= 4 is 11.7 Å². The average Bonchev–Trinajstić information content (AvgIpc) is 2.64. The summed E-state index contributed by atoms with van der Waals surface area (Å²) in [7, 11) is 1.48. The van der Waals surface area contributed by atoms with E-state index in [0.717, 1.165) is 32.1 Å². The number of carbonyl (C=O) groups excluding carboxylic acids is 2. The first kappa shape index (κ1) is 17.7. The highest BCUT2D eigenvalue weighted by Gasteiger charge is 2.45. The molecule has 1 aliphatic heterocycles. The van der Waals surface area contributed by atoms with Gasteiger partial charge in [0.15, 0.2) is 5.78 Å². The molecule has 120 valence electrons. The van der Waals surface area contributed by atoms with Crippen LogP contribution in [0.4, 0.5) is 0 Å². The van der Waals surface area contributed by atoms with Crippen LogP contribution in [0, 0.1) is 5.92 Å². The van der Waals surface area contributed by atoms with E-state index < -0.39 is 23.8 Å². The van der Waals surface area contributed by atoms with E-state index in [2.05, 4.69) is 6.92 Å². The number of carbonyl (C=O) groups is 2. The number of allylic oxidation sites excluding steroid dienone is 1. The van der Waals surface area contributed by atoms with Gasteiger partial charge >= 0.3 is 0 Å². The van der Waals surface area contributed by atoms with Crippen LogP contribution in [0.25, 0.3) is 0 Å². The summed E-state index contributed by atoms with van der Waals surface area (Å²) in [5, 5.41) is 19.9. The molecule has 1 rings (SSSR count). The summed E-state index contributed by atoms with van der Waals surface area (Å²) in [4.78, 5) is 25.6. The normalized spacial score (nSPS) is 24.4. The number of rotatable bonds is 7. The molecule has 1 aliphatic rings. The summed E-state index contributed by atoms with van der Waals surface area (Å²) in [5.74, 6) is -1.32. The smallest absolute Gasteiger partial charge is 0.261 e. The van der Waals surface area contributed by atoms with Gasteiger partial charge in [-0.05, 0) is 13.3 Å². The van der Waals surface area contributed by atoms with Crippen molar-refractivity contribution in [2.24, 2.45) is 5.92 Å². The summed E-state index contributed by atoms with van der Waals surface area (Å²) in [5.41, 5.74) is -0.147. The Morgan fingerprint density at radius 2 is 1.86 bits per heavy atom. The first-order chi connectivity index (χ1) is 9.82. The zero-order valence-corrected chi connectivity index (χ0v) is 13.4. The SMILES string of the molecule is CCCCCC[C@H](C)/C(O)=C1\C(=O)[C@@H]([C@@H](C)O)N(C)C1=O. The van der Waals surface area contributed by atoms with Crippen LogP contribution in [0.15, 0.2) is 11.3 Å². The zero-order valence-electron chi connectivity index (χ0n) is 13.4. The monoisotopic (exact) mass is 297 g/mol. The van der Waals surface area contributed by atoms with Crippen molar-refractivity contribution in [1.82, 2.24) is 4.90 Å². The lowest BCUT2D eigenvalue weighted by atomic mass is 9.95. The van der Waals surface area contributed by atoms with Crippen molar-refractivity contribution in [1.29, 1.82) is 0 Å². The second-order valence-electron chi connectivity index (χ2n) is 5.98. The van der Waals surface area contributed by atoms with Gasteiger partial charge < -0.3 is 15.1 Å². The molecule has 1 heterocycles. The molecular formula is C16H27NO4. The van der Waals surface area contributed by atoms with Crippen LogP contribution in [0.3, 0.4) is 0 Å². The van der Waals surface area contributed by atoms with Gasteiger partial charge in [-0.2, -0.15) is 0 Å². The van der Waals surface area contributed by atoms with Crippen molar-refractivity contribution in [3.8, 4) is 0 Å². The molecule has 1 fully saturated rings. The number of ketones is 1. The van der Waals surface area contributed by atoms with Gasteiger partial charge in [0.1, 0.15) is 17.4 Å². The lowest BCUT2D eigenvalue weighted by Gasteiger charge is -2.19. The van der Waals surface area contributed by atoms with E-state index in [9.17, 15) is 19.8 Å². The zero-order chi connectivity index (χ0) is 16.2. The first-order valence-electron chi connectivity index (χ1n) is 7.75. The maximum absolute atomic E-state index is 12.2. The van der Waals surface area contributed by atoms with Gasteiger partial charge in [-0.15, -0.1) is 0 Å². The van der Waals surface area contributed by atoms with Crippen LogP contribution in [0.5, 0.6) is 0 Å². The molecule has 0 aromatic rings. The molecule has 21 heavy (non-hydrogen) atoms. The molecular weight excluding hydrogens is 270 g/mol. The molecule has 0 saturated carbocycles. The third-order valence-electron chi connectivity index (χ3n) is 4.14. The number of likely N-dealkylation sites (tertiary alicyclic amines) is 1. The Kier molecular flexibility index (Phi) is 6.40. The van der Waals surface area contributed by atoms with Crippen LogP contribution >= 0.6 is 0 Å². The number of hydrogen-bond donors (Lipinski definition) is 2. The topological polar surface area (TPSA) is 77.8 Å². The number of amides is 1. The number of aliphatic hydroxyl groups is 2. The number of unbranched alkanes of at least 4 members (excludes halogenated alkanes) is 3. The van der Waals surface area contributed by atoms with E-state index in [4.69, 9.17) is 0 Å². The fourth-order valence-corrected chi connectivity index (χ4v) is 2.77. The first-order valence-corrected chi connectivity index (χ1v) is 7.75. The molecule has 1 amide bonds. The number of likely N-dealkylation sites (N-methyl/N-ethyl adjacent to an activating group) is 1. The Labute approximate surface area is 126 Å². The van der Waals surface area contributed by atoms with Crippen LogP contribution in [-0.4, -0.2) is 46.0 Å². The third kappa shape index (κ3) is 3.84. The minimum atomic E-state index is -0.948. The molecule has 5 heteroatoms. The number of hydrogen-bond acceptors (Lipinski definition) is 4. The van der Waals surface area contributed by atoms with Gasteiger partial charge in [0, 0.05) is 13.0 Å². The van der Waals surface area contributed by atoms with Gasteiger partial charge in [-0.1, -0.05) is 39.5 Å². The highest BCUT2D eigenvalue weighted by Crippen LogP contribution is 2.28. The van der Waals surface area contributed by atoms with Crippen LogP contribution < -0.4 is 0 Å². The largest absolute Gasteiger partial charge is 0.511 e. The Morgan fingerprint density at radius 3 is 2.33 bits per heavy atom. The molecule has 0 aromatic heterocycles. The maximum Gasteiger partial charge on any atom is 0.261 e. The van der Waals surface area contributed by atoms with Crippen molar-refractivity contribution < 1.29 is 19.8 Å². The fourth-order valence-electron chi connectivity index (χ4n) is 2.77. The standard InChI is InChI=1S/C16H27NO4/c1-5-6-7-8-9-10(2)14(19)12-15(20)13(11(3)18)17(4)16(12)21/h10-11,13,18-19H,5-9H2,1-4H3/b14-12-/t10-,11+,13+/m0/s1. The Bertz CT molecular complexity index is 428. The number of aliphatic hydroxyl groups excluding tert-OH is 2. The van der Waals surface area contributed by atoms with Crippen LogP contribution in [0.2, 0.25) is 0 Å². The van der Waals surface area contributed by atoms with E-state index in [1.807, 2.05) is 6.92 Å². The van der Waals surface area contributed by atoms with Crippen molar-refractivity contribution in [2.75, 3.05) is 7.05 Å². The molecule has 2 N–H and O–H groups in total. The average molecular weight is 297 g/mol. The Hall–Kier alpha value is -1.36. The molecule has 3 atom stereocenters. The molecule has 0 aliphatic carbocycles. The lowest BCUT2D eigenvalue weighted by Crippen LogP contribution is -2.40. The van der Waals surface area contributed by atoms with E-state index in [0.29, 0.717) is 0 Å². The third-order valence-corrected chi connectivity index (χ3v) is 4.14. The van der Waals surface area contributed by atoms with Crippen LogP contribution in [0.1, 0.15) is 52.9 Å². The van der Waals surface area contributed by atoms with E-state index in [1.165, 1.54) is 18.9 Å². The summed E-state index contributed by atoms with van der Waals surface area (Å²) in [6, 6.07) is -0.887. The quantitative estimate of drug-likeness (QED) is 0.327. The lowest BCUT2D eigenvalue weighted by molar-refractivity contribution is -0.128. The molecule has 1 saturated heterocycles. The highest BCUT2D eigenvalue weighted by atomic mass is 16.3. The van der Waals surface area contributed by atoms with Gasteiger partial charge in [0.25, 0.3) is 5.91 Å². The predicted octanol–water partition coefficient (Wildman–Crippen LogP) is 2.20. The summed E-state index contributed by atoms with van der Waals surface area (Å²) in [6.45, 7) is 5.43. The summed E-state index contributed by atoms with van der Waals surface area (Å²) in [6.07, 6.45) is 4.13. The predicted molar refractivity (Wildman–Crippen MR) is 80.8 cm³/mol. The molecule has 5 nitrogen and oxygen atoms in total. The van der Waals surface area contributed by atoms with Crippen molar-refractivity contribution in [3.05, 3.63) is 11.3 Å². The van der Waals surface area contributed by atoms with Gasteiger partial charge in [0.2, 0.25) is 0 Å². The Morgan fingerprint density at radius 1 is 1.24 bits per heavy atom. The molecule has 0 unspecified atom stereocenters. The summed E-state index contributed by atoms with van der Waals surface area (Å²) >= 11 is 0. The van der Waals surface area contributed by atoms with Gasteiger partial charge in [-0.3, -0.25) is 9.59 Å². The van der Waals surface area contributed by atoms with E-state index in [1.54, 1.807) is 0 Å². The van der Waals surface area contributed by atoms with Gasteiger partial charge in [0.05, 0.1) is 6.10 Å². The highest BCUT2D eigenvalue weighted by molar-refractivity contribution is 6.26. The molecule has 0 aromatic carbocycles. The fraction of sp³-hybridized carbons (Fsp3) is 0.750. The van der Waals surface area contributed by atoms with Crippen molar-refractivity contribution in [3.63, 3.8) is 0 Å². The summed E-state index contributed by atoms with van der Waals surface area (Å²) < 4.78 is 0. The second kappa shape index (κ2) is 7.59. The maximum atomic E-state index is 12.2. The van der Waals surface area contributed by atoms with E-state index in [-0.39, 0.29) is 17.3 Å². The van der Waals surface area contributed by atoms with Gasteiger partial charge in [-0.25, -0.2) is 0 Å². The minimum Gasteiger partial charge on any atom is -0.511 e.